The molecule has 0 aromatic heterocycles. The Morgan fingerprint density at radius 3 is 2.65 bits per heavy atom. The molecule has 0 saturated carbocycles. The van der Waals surface area contributed by atoms with Gasteiger partial charge < -0.3 is 14.9 Å². The highest BCUT2D eigenvalue weighted by Crippen LogP contribution is 2.30. The number of carboxylic acid groups (broad SMARTS) is 1. The highest BCUT2D eigenvalue weighted by Gasteiger charge is 2.50. The van der Waals surface area contributed by atoms with Crippen molar-refractivity contribution in [2.24, 2.45) is 0 Å². The monoisotopic (exact) mass is 279 g/mol. The maximum absolute atomic E-state index is 12.0. The number of ether oxygens (including phenoxy) is 1. The number of amides is 1. The van der Waals surface area contributed by atoms with Gasteiger partial charge in [0.15, 0.2) is 0 Å². The first-order chi connectivity index (χ1) is 9.43. The van der Waals surface area contributed by atoms with Gasteiger partial charge in [0.1, 0.15) is 12.1 Å². The second-order valence-corrected chi connectivity index (χ2v) is 5.09. The fraction of sp³-hybridized carbons (Fsp3) is 0.429. The predicted molar refractivity (Wildman–Crippen MR) is 70.0 cm³/mol. The lowest BCUT2D eigenvalue weighted by Gasteiger charge is -2.29. The number of aliphatic hydroxyl groups is 1. The zero-order valence-electron chi connectivity index (χ0n) is 11.2. The fourth-order valence-corrected chi connectivity index (χ4v) is 2.32. The summed E-state index contributed by atoms with van der Waals surface area (Å²) in [6, 6.07) is 9.11. The van der Waals surface area contributed by atoms with Crippen LogP contribution in [0, 0.1) is 0 Å². The number of rotatable bonds is 3. The highest BCUT2D eigenvalue weighted by atomic mass is 16.6. The van der Waals surface area contributed by atoms with Crippen LogP contribution in [0.5, 0.6) is 0 Å². The van der Waals surface area contributed by atoms with E-state index in [1.807, 2.05) is 30.3 Å². The summed E-state index contributed by atoms with van der Waals surface area (Å²) >= 11 is 0. The van der Waals surface area contributed by atoms with E-state index in [0.29, 0.717) is 0 Å². The van der Waals surface area contributed by atoms with Crippen LogP contribution in [0.2, 0.25) is 0 Å². The maximum Gasteiger partial charge on any atom is 0.411 e. The molecule has 1 amide bonds. The Balaban J connectivity index is 2.03. The standard InChI is InChI=1S/C14H17NO5/c1-14(12(17)18)7-11(16)8-15(14)13(19)20-9-10-5-3-2-4-6-10/h2-6,11,16H,7-9H2,1H3,(H,17,18)/t11-,14-/m0/s1. The van der Waals surface area contributed by atoms with Gasteiger partial charge in [-0.05, 0) is 12.5 Å². The summed E-state index contributed by atoms with van der Waals surface area (Å²) in [5, 5.41) is 18.8. The number of likely N-dealkylation sites (tertiary alicyclic amines) is 1. The molecule has 108 valence electrons. The second kappa shape index (κ2) is 5.50. The summed E-state index contributed by atoms with van der Waals surface area (Å²) in [6.45, 7) is 1.45. The number of nitrogens with zero attached hydrogens (tertiary/aromatic N) is 1. The number of benzene rings is 1. The van der Waals surface area contributed by atoms with Crippen LogP contribution in [0.4, 0.5) is 4.79 Å². The molecule has 0 aliphatic carbocycles. The predicted octanol–water partition coefficient (Wildman–Crippen LogP) is 1.23. The van der Waals surface area contributed by atoms with Crippen molar-refractivity contribution in [3.05, 3.63) is 35.9 Å². The normalized spacial score (nSPS) is 25.5. The van der Waals surface area contributed by atoms with Gasteiger partial charge in [-0.1, -0.05) is 30.3 Å². The van der Waals surface area contributed by atoms with Gasteiger partial charge in [0.25, 0.3) is 0 Å². The molecule has 20 heavy (non-hydrogen) atoms. The molecule has 2 rings (SSSR count). The van der Waals surface area contributed by atoms with Crippen molar-refractivity contribution >= 4 is 12.1 Å². The third-order valence-electron chi connectivity index (χ3n) is 3.51. The minimum Gasteiger partial charge on any atom is -0.480 e. The topological polar surface area (TPSA) is 87.1 Å². The molecule has 0 bridgehead atoms. The molecule has 6 heteroatoms. The summed E-state index contributed by atoms with van der Waals surface area (Å²) in [5.74, 6) is -1.15. The molecule has 6 nitrogen and oxygen atoms in total. The maximum atomic E-state index is 12.0. The van der Waals surface area contributed by atoms with E-state index in [1.54, 1.807) is 0 Å². The Morgan fingerprint density at radius 1 is 1.40 bits per heavy atom. The molecular weight excluding hydrogens is 262 g/mol. The van der Waals surface area contributed by atoms with Gasteiger partial charge in [-0.25, -0.2) is 9.59 Å². The number of aliphatic hydroxyl groups excluding tert-OH is 1. The summed E-state index contributed by atoms with van der Waals surface area (Å²) in [4.78, 5) is 24.4. The number of carbonyl (C=O) groups excluding carboxylic acids is 1. The number of hydrogen-bond acceptors (Lipinski definition) is 4. The SMILES string of the molecule is C[C@@]1(C(=O)O)C[C@H](O)CN1C(=O)OCc1ccccc1. The van der Waals surface area contributed by atoms with Gasteiger partial charge in [0, 0.05) is 6.42 Å². The lowest BCUT2D eigenvalue weighted by atomic mass is 9.99. The minimum absolute atomic E-state index is 0.00275. The van der Waals surface area contributed by atoms with Gasteiger partial charge in [-0.15, -0.1) is 0 Å². The van der Waals surface area contributed by atoms with Gasteiger partial charge >= 0.3 is 12.1 Å². The highest BCUT2D eigenvalue weighted by molar-refractivity contribution is 5.84. The molecule has 2 atom stereocenters. The molecule has 1 aliphatic rings. The lowest BCUT2D eigenvalue weighted by Crippen LogP contribution is -2.50. The van der Waals surface area contributed by atoms with E-state index in [9.17, 15) is 19.8 Å². The average molecular weight is 279 g/mol. The zero-order chi connectivity index (χ0) is 14.8. The van der Waals surface area contributed by atoms with Crippen LogP contribution in [0.1, 0.15) is 18.9 Å². The first-order valence-electron chi connectivity index (χ1n) is 6.33. The summed E-state index contributed by atoms with van der Waals surface area (Å²) in [6.07, 6.45) is -1.57. The fourth-order valence-electron chi connectivity index (χ4n) is 2.32. The molecular formula is C14H17NO5. The van der Waals surface area contributed by atoms with E-state index in [-0.39, 0.29) is 19.6 Å². The van der Waals surface area contributed by atoms with Crippen LogP contribution in [-0.2, 0) is 16.1 Å². The zero-order valence-corrected chi connectivity index (χ0v) is 11.2. The summed E-state index contributed by atoms with van der Waals surface area (Å²) in [5.41, 5.74) is -0.606. The first kappa shape index (κ1) is 14.3. The van der Waals surface area contributed by atoms with Crippen molar-refractivity contribution in [3.63, 3.8) is 0 Å². The van der Waals surface area contributed by atoms with Gasteiger partial charge in [-0.2, -0.15) is 0 Å². The number of carboxylic acids is 1. The number of carbonyl (C=O) groups is 2. The smallest absolute Gasteiger partial charge is 0.411 e. The Labute approximate surface area is 116 Å². The van der Waals surface area contributed by atoms with E-state index >= 15 is 0 Å². The molecule has 0 radical (unpaired) electrons. The molecule has 0 spiro atoms. The van der Waals surface area contributed by atoms with Gasteiger partial charge in [0.2, 0.25) is 0 Å². The molecule has 0 unspecified atom stereocenters. The van der Waals surface area contributed by atoms with Crippen molar-refractivity contribution in [1.29, 1.82) is 0 Å². The average Bonchev–Trinajstić information content (AvgIpc) is 2.74. The molecule has 1 aromatic rings. The van der Waals surface area contributed by atoms with Crippen molar-refractivity contribution < 1.29 is 24.5 Å². The van der Waals surface area contributed by atoms with Crippen LogP contribution in [0.3, 0.4) is 0 Å². The largest absolute Gasteiger partial charge is 0.480 e. The number of hydrogen-bond donors (Lipinski definition) is 2. The molecule has 2 N–H and O–H groups in total. The summed E-state index contributed by atoms with van der Waals surface area (Å²) in [7, 11) is 0. The third kappa shape index (κ3) is 2.75. The minimum atomic E-state index is -1.42. The first-order valence-corrected chi connectivity index (χ1v) is 6.33. The third-order valence-corrected chi connectivity index (χ3v) is 3.51. The molecule has 1 aliphatic heterocycles. The number of aliphatic carboxylic acids is 1. The Hall–Kier alpha value is -2.08. The Bertz CT molecular complexity index is 504. The quantitative estimate of drug-likeness (QED) is 0.869. The van der Waals surface area contributed by atoms with E-state index < -0.39 is 23.7 Å². The van der Waals surface area contributed by atoms with Crippen molar-refractivity contribution in [2.75, 3.05) is 6.54 Å². The van der Waals surface area contributed by atoms with Crippen LogP contribution in [-0.4, -0.2) is 45.4 Å². The van der Waals surface area contributed by atoms with Crippen molar-refractivity contribution in [1.82, 2.24) is 4.90 Å². The van der Waals surface area contributed by atoms with Gasteiger partial charge in [0.05, 0.1) is 12.6 Å². The summed E-state index contributed by atoms with van der Waals surface area (Å²) < 4.78 is 5.12. The van der Waals surface area contributed by atoms with Crippen molar-refractivity contribution in [3.8, 4) is 0 Å². The Morgan fingerprint density at radius 2 is 2.05 bits per heavy atom. The van der Waals surface area contributed by atoms with E-state index in [0.717, 1.165) is 10.5 Å². The Kier molecular flexibility index (Phi) is 3.94. The molecule has 1 aromatic carbocycles. The molecule has 1 saturated heterocycles. The van der Waals surface area contributed by atoms with Crippen molar-refractivity contribution in [2.45, 2.75) is 31.6 Å². The van der Waals surface area contributed by atoms with E-state index in [2.05, 4.69) is 0 Å². The van der Waals surface area contributed by atoms with Gasteiger partial charge in [-0.3, -0.25) is 4.90 Å². The van der Waals surface area contributed by atoms with Crippen LogP contribution < -0.4 is 0 Å². The van der Waals surface area contributed by atoms with Crippen LogP contribution in [0.25, 0.3) is 0 Å². The van der Waals surface area contributed by atoms with E-state index in [1.165, 1.54) is 6.92 Å². The molecule has 1 heterocycles. The lowest BCUT2D eigenvalue weighted by molar-refractivity contribution is -0.147. The second-order valence-electron chi connectivity index (χ2n) is 5.09. The van der Waals surface area contributed by atoms with Crippen LogP contribution >= 0.6 is 0 Å². The molecule has 1 fully saturated rings. The van der Waals surface area contributed by atoms with E-state index in [4.69, 9.17) is 4.74 Å². The number of β-amino-alcohol motifs (C(OH)–C–C–N with tert-alkyl or cyclic N) is 1. The van der Waals surface area contributed by atoms with Crippen LogP contribution in [0.15, 0.2) is 30.3 Å².